The minimum Gasteiger partial charge on any atom is -0.508 e. The van der Waals surface area contributed by atoms with E-state index in [-0.39, 0.29) is 11.3 Å². The summed E-state index contributed by atoms with van der Waals surface area (Å²) < 4.78 is 0. The van der Waals surface area contributed by atoms with Crippen LogP contribution in [0, 0.1) is 6.92 Å². The van der Waals surface area contributed by atoms with Crippen LogP contribution in [0.15, 0.2) is 42.5 Å². The Kier molecular flexibility index (Phi) is 3.71. The molecule has 0 bridgehead atoms. The number of hydrogen-bond acceptors (Lipinski definition) is 3. The van der Waals surface area contributed by atoms with Crippen LogP contribution in [0.2, 0.25) is 0 Å². The Morgan fingerprint density at radius 3 is 2.58 bits per heavy atom. The molecule has 0 saturated heterocycles. The monoisotopic (exact) mass is 257 g/mol. The fourth-order valence-corrected chi connectivity index (χ4v) is 1.91. The van der Waals surface area contributed by atoms with Crippen molar-refractivity contribution in [3.63, 3.8) is 0 Å². The number of anilines is 1. The topological polar surface area (TPSA) is 69.6 Å². The highest BCUT2D eigenvalue weighted by molar-refractivity contribution is 5.91. The number of carbonyl (C=O) groups is 1. The number of hydrogen-bond donors (Lipinski definition) is 3. The second-order valence-electron chi connectivity index (χ2n) is 4.27. The number of phenolic OH excluding ortho intramolecular Hbond substituents is 1. The minimum absolute atomic E-state index is 0.224. The van der Waals surface area contributed by atoms with Crippen molar-refractivity contribution in [3.8, 4) is 5.75 Å². The van der Waals surface area contributed by atoms with Crippen molar-refractivity contribution in [1.29, 1.82) is 0 Å². The van der Waals surface area contributed by atoms with E-state index >= 15 is 0 Å². The van der Waals surface area contributed by atoms with Gasteiger partial charge in [0.2, 0.25) is 0 Å². The van der Waals surface area contributed by atoms with Gasteiger partial charge in [0.25, 0.3) is 0 Å². The fourth-order valence-electron chi connectivity index (χ4n) is 1.91. The first-order valence-electron chi connectivity index (χ1n) is 5.93. The molecule has 0 fully saturated rings. The Labute approximate surface area is 111 Å². The zero-order chi connectivity index (χ0) is 13.8. The van der Waals surface area contributed by atoms with Crippen LogP contribution in [0.3, 0.4) is 0 Å². The van der Waals surface area contributed by atoms with E-state index in [1.165, 1.54) is 0 Å². The van der Waals surface area contributed by atoms with Crippen molar-refractivity contribution in [2.75, 3.05) is 5.32 Å². The van der Waals surface area contributed by atoms with Gasteiger partial charge in [-0.3, -0.25) is 0 Å². The van der Waals surface area contributed by atoms with Gasteiger partial charge in [-0.05, 0) is 30.7 Å². The number of benzene rings is 2. The molecule has 0 saturated carbocycles. The SMILES string of the molecule is Cc1c(NCc2ccccc2O)cccc1C(=O)O. The molecule has 98 valence electrons. The highest BCUT2D eigenvalue weighted by atomic mass is 16.4. The van der Waals surface area contributed by atoms with Gasteiger partial charge < -0.3 is 15.5 Å². The van der Waals surface area contributed by atoms with Crippen LogP contribution in [0.25, 0.3) is 0 Å². The maximum absolute atomic E-state index is 11.0. The zero-order valence-electron chi connectivity index (χ0n) is 10.6. The second-order valence-corrected chi connectivity index (χ2v) is 4.27. The summed E-state index contributed by atoms with van der Waals surface area (Å²) in [6.45, 7) is 2.20. The molecule has 0 radical (unpaired) electrons. The van der Waals surface area contributed by atoms with E-state index in [9.17, 15) is 9.90 Å². The van der Waals surface area contributed by atoms with E-state index in [0.717, 1.165) is 11.3 Å². The quantitative estimate of drug-likeness (QED) is 0.787. The van der Waals surface area contributed by atoms with Crippen molar-refractivity contribution in [3.05, 3.63) is 59.2 Å². The molecule has 0 spiro atoms. The number of rotatable bonds is 4. The molecule has 0 heterocycles. The number of aromatic carboxylic acids is 1. The van der Waals surface area contributed by atoms with E-state index in [1.807, 2.05) is 18.2 Å². The predicted molar refractivity (Wildman–Crippen MR) is 73.6 cm³/mol. The van der Waals surface area contributed by atoms with Gasteiger partial charge in [-0.2, -0.15) is 0 Å². The van der Waals surface area contributed by atoms with Crippen molar-refractivity contribution in [1.82, 2.24) is 0 Å². The summed E-state index contributed by atoms with van der Waals surface area (Å²) in [4.78, 5) is 11.0. The predicted octanol–water partition coefficient (Wildman–Crippen LogP) is 3.01. The third-order valence-corrected chi connectivity index (χ3v) is 3.03. The second kappa shape index (κ2) is 5.44. The van der Waals surface area contributed by atoms with Gasteiger partial charge in [0, 0.05) is 17.8 Å². The van der Waals surface area contributed by atoms with Crippen LogP contribution >= 0.6 is 0 Å². The van der Waals surface area contributed by atoms with E-state index < -0.39 is 5.97 Å². The first-order chi connectivity index (χ1) is 9.09. The number of nitrogens with one attached hydrogen (secondary N) is 1. The molecule has 0 amide bonds. The normalized spacial score (nSPS) is 10.2. The van der Waals surface area contributed by atoms with Crippen molar-refractivity contribution in [2.45, 2.75) is 13.5 Å². The standard InChI is InChI=1S/C15H15NO3/c1-10-12(15(18)19)6-4-7-13(10)16-9-11-5-2-3-8-14(11)17/h2-8,16-17H,9H2,1H3,(H,18,19). The number of para-hydroxylation sites is 1. The molecule has 4 heteroatoms. The summed E-state index contributed by atoms with van der Waals surface area (Å²) in [5, 5.41) is 21.9. The van der Waals surface area contributed by atoms with Crippen LogP contribution < -0.4 is 5.32 Å². The van der Waals surface area contributed by atoms with Gasteiger partial charge in [-0.1, -0.05) is 24.3 Å². The summed E-state index contributed by atoms with van der Waals surface area (Å²) in [6, 6.07) is 12.1. The molecule has 2 rings (SSSR count). The van der Waals surface area contributed by atoms with E-state index in [1.54, 1.807) is 31.2 Å². The Balaban J connectivity index is 2.19. The number of phenols is 1. The van der Waals surface area contributed by atoms with Gasteiger partial charge in [-0.25, -0.2) is 4.79 Å². The van der Waals surface area contributed by atoms with Gasteiger partial charge in [0.05, 0.1) is 5.56 Å². The smallest absolute Gasteiger partial charge is 0.336 e. The largest absolute Gasteiger partial charge is 0.508 e. The molecule has 0 aliphatic heterocycles. The lowest BCUT2D eigenvalue weighted by Crippen LogP contribution is -2.05. The van der Waals surface area contributed by atoms with E-state index in [2.05, 4.69) is 5.32 Å². The molecule has 0 atom stereocenters. The molecule has 4 nitrogen and oxygen atoms in total. The van der Waals surface area contributed by atoms with Gasteiger partial charge in [0.1, 0.15) is 5.75 Å². The Morgan fingerprint density at radius 1 is 1.16 bits per heavy atom. The summed E-state index contributed by atoms with van der Waals surface area (Å²) in [7, 11) is 0. The van der Waals surface area contributed by atoms with Crippen molar-refractivity contribution in [2.24, 2.45) is 0 Å². The maximum Gasteiger partial charge on any atom is 0.336 e. The fraction of sp³-hybridized carbons (Fsp3) is 0.133. The molecule has 19 heavy (non-hydrogen) atoms. The summed E-state index contributed by atoms with van der Waals surface area (Å²) >= 11 is 0. The summed E-state index contributed by atoms with van der Waals surface area (Å²) in [6.07, 6.45) is 0. The van der Waals surface area contributed by atoms with Crippen LogP contribution in [0.5, 0.6) is 5.75 Å². The van der Waals surface area contributed by atoms with Gasteiger partial charge in [0.15, 0.2) is 0 Å². The maximum atomic E-state index is 11.0. The summed E-state index contributed by atoms with van der Waals surface area (Å²) in [5.41, 5.74) is 2.48. The molecular weight excluding hydrogens is 242 g/mol. The lowest BCUT2D eigenvalue weighted by molar-refractivity contribution is 0.0696. The first-order valence-corrected chi connectivity index (χ1v) is 5.93. The molecule has 3 N–H and O–H groups in total. The van der Waals surface area contributed by atoms with E-state index in [4.69, 9.17) is 5.11 Å². The van der Waals surface area contributed by atoms with Crippen LogP contribution in [-0.2, 0) is 6.54 Å². The van der Waals surface area contributed by atoms with Gasteiger partial charge in [-0.15, -0.1) is 0 Å². The van der Waals surface area contributed by atoms with E-state index in [0.29, 0.717) is 12.1 Å². The number of carboxylic acid groups (broad SMARTS) is 1. The molecule has 0 aromatic heterocycles. The van der Waals surface area contributed by atoms with Crippen LogP contribution in [0.4, 0.5) is 5.69 Å². The minimum atomic E-state index is -0.941. The van der Waals surface area contributed by atoms with Crippen LogP contribution in [-0.4, -0.2) is 16.2 Å². The lowest BCUT2D eigenvalue weighted by atomic mass is 10.1. The Hall–Kier alpha value is -2.49. The van der Waals surface area contributed by atoms with Gasteiger partial charge >= 0.3 is 5.97 Å². The van der Waals surface area contributed by atoms with Crippen LogP contribution in [0.1, 0.15) is 21.5 Å². The molecule has 2 aromatic rings. The zero-order valence-corrected chi connectivity index (χ0v) is 10.6. The first kappa shape index (κ1) is 13.0. The molecule has 0 unspecified atom stereocenters. The molecule has 0 aliphatic carbocycles. The van der Waals surface area contributed by atoms with Crippen molar-refractivity contribution >= 4 is 11.7 Å². The molecule has 2 aromatic carbocycles. The lowest BCUT2D eigenvalue weighted by Gasteiger charge is -2.12. The molecule has 0 aliphatic rings. The third kappa shape index (κ3) is 2.85. The molecular formula is C15H15NO3. The summed E-state index contributed by atoms with van der Waals surface area (Å²) in [5.74, 6) is -0.717. The Bertz CT molecular complexity index is 608. The average molecular weight is 257 g/mol. The highest BCUT2D eigenvalue weighted by Gasteiger charge is 2.10. The average Bonchev–Trinajstić information content (AvgIpc) is 2.39. The Morgan fingerprint density at radius 2 is 1.89 bits per heavy atom. The highest BCUT2D eigenvalue weighted by Crippen LogP contribution is 2.22. The third-order valence-electron chi connectivity index (χ3n) is 3.03. The van der Waals surface area contributed by atoms with Crippen molar-refractivity contribution < 1.29 is 15.0 Å². The number of carboxylic acids is 1. The number of aromatic hydroxyl groups is 1.